The summed E-state index contributed by atoms with van der Waals surface area (Å²) in [7, 11) is 0. The minimum absolute atomic E-state index is 0.0635. The Bertz CT molecular complexity index is 1300. The number of carbonyl (C=O) groups is 2. The number of ether oxygens (including phenoxy) is 1. The molecule has 0 bridgehead atoms. The molecule has 13 heteroatoms. The third-order valence-electron chi connectivity index (χ3n) is 7.09. The summed E-state index contributed by atoms with van der Waals surface area (Å²) in [5, 5.41) is 24.0. The number of hydrogen-bond donors (Lipinski definition) is 2. The fraction of sp³-hybridized carbons (Fsp3) is 0.400. The van der Waals surface area contributed by atoms with E-state index in [2.05, 4.69) is 30.6 Å². The molecule has 2 aliphatic rings. The summed E-state index contributed by atoms with van der Waals surface area (Å²) in [5.74, 6) is -2.00. The topological polar surface area (TPSA) is 142 Å². The Kier molecular flexibility index (Phi) is 6.67. The van der Waals surface area contributed by atoms with Crippen LogP contribution in [0.1, 0.15) is 54.3 Å². The Hall–Kier alpha value is -4.16. The van der Waals surface area contributed by atoms with Crippen molar-refractivity contribution in [3.63, 3.8) is 0 Å². The van der Waals surface area contributed by atoms with Gasteiger partial charge in [-0.05, 0) is 67.2 Å². The van der Waals surface area contributed by atoms with Crippen molar-refractivity contribution in [3.8, 4) is 5.88 Å². The van der Waals surface area contributed by atoms with Gasteiger partial charge in [-0.2, -0.15) is 13.2 Å². The molecule has 3 aromatic rings. The van der Waals surface area contributed by atoms with E-state index in [0.717, 1.165) is 37.7 Å². The molecule has 38 heavy (non-hydrogen) atoms. The van der Waals surface area contributed by atoms with Gasteiger partial charge in [0.15, 0.2) is 6.61 Å². The van der Waals surface area contributed by atoms with Crippen LogP contribution in [0.2, 0.25) is 0 Å². The molecule has 1 unspecified atom stereocenters. The zero-order chi connectivity index (χ0) is 26.9. The summed E-state index contributed by atoms with van der Waals surface area (Å²) in [5.41, 5.74) is 1.94. The highest BCUT2D eigenvalue weighted by molar-refractivity contribution is 6.00. The number of aliphatic carboxylic acids is 1. The Labute approximate surface area is 214 Å². The van der Waals surface area contributed by atoms with Crippen LogP contribution in [0.5, 0.6) is 5.88 Å². The number of nitrogens with zero attached hydrogens (tertiary/aromatic N) is 3. The second-order valence-corrected chi connectivity index (χ2v) is 9.61. The van der Waals surface area contributed by atoms with Gasteiger partial charge in [0.25, 0.3) is 0 Å². The van der Waals surface area contributed by atoms with E-state index in [1.165, 1.54) is 18.3 Å². The van der Waals surface area contributed by atoms with Crippen molar-refractivity contribution in [2.24, 2.45) is 11.3 Å². The molecule has 2 saturated carbocycles. The number of carboxylic acid groups (broad SMARTS) is 1. The Balaban J connectivity index is 1.11. The first-order chi connectivity index (χ1) is 18.1. The third kappa shape index (κ3) is 5.87. The van der Waals surface area contributed by atoms with Gasteiger partial charge in [0.05, 0.1) is 11.9 Å². The van der Waals surface area contributed by atoms with Gasteiger partial charge in [-0.1, -0.05) is 17.2 Å². The van der Waals surface area contributed by atoms with E-state index in [1.807, 2.05) is 12.1 Å². The van der Waals surface area contributed by atoms with Gasteiger partial charge in [-0.25, -0.2) is 4.98 Å². The molecular formula is C25H23F3N5O5-. The maximum absolute atomic E-state index is 12.5. The molecule has 1 aromatic carbocycles. The summed E-state index contributed by atoms with van der Waals surface area (Å²) in [6, 6.07) is 9.98. The van der Waals surface area contributed by atoms with Crippen LogP contribution >= 0.6 is 0 Å². The van der Waals surface area contributed by atoms with Gasteiger partial charge in [0.1, 0.15) is 0 Å². The molecule has 1 atom stereocenters. The van der Waals surface area contributed by atoms with Crippen LogP contribution in [0.25, 0.3) is 0 Å². The van der Waals surface area contributed by atoms with Crippen molar-refractivity contribution >= 4 is 29.3 Å². The van der Waals surface area contributed by atoms with Crippen molar-refractivity contribution in [1.29, 1.82) is 0 Å². The molecule has 2 N–H and O–H groups in total. The van der Waals surface area contributed by atoms with Crippen molar-refractivity contribution in [3.05, 3.63) is 54.0 Å². The average molecular weight is 530 g/mol. The summed E-state index contributed by atoms with van der Waals surface area (Å²) in [4.78, 5) is 27.4. The highest BCUT2D eigenvalue weighted by atomic mass is 19.4. The molecule has 0 radical (unpaired) electrons. The summed E-state index contributed by atoms with van der Waals surface area (Å²) < 4.78 is 46.5. The summed E-state index contributed by atoms with van der Waals surface area (Å²) in [6.07, 6.45) is 1.09. The molecule has 200 valence electrons. The van der Waals surface area contributed by atoms with Crippen LogP contribution in [-0.2, 0) is 4.79 Å². The van der Waals surface area contributed by atoms with Gasteiger partial charge in [0, 0.05) is 23.6 Å². The predicted octanol–water partition coefficient (Wildman–Crippen LogP) is 3.82. The van der Waals surface area contributed by atoms with Crippen LogP contribution in [0.3, 0.4) is 0 Å². The normalized spacial score (nSPS) is 22.6. The monoisotopic (exact) mass is 530 g/mol. The maximum Gasteiger partial charge on any atom is 0.422 e. The number of halogens is 3. The molecule has 0 saturated heterocycles. The van der Waals surface area contributed by atoms with Crippen molar-refractivity contribution in [1.82, 2.24) is 15.2 Å². The minimum atomic E-state index is -4.47. The second kappa shape index (κ2) is 9.95. The molecular weight excluding hydrogens is 507 g/mol. The molecule has 5 rings (SSSR count). The van der Waals surface area contributed by atoms with E-state index in [-0.39, 0.29) is 29.1 Å². The number of anilines is 3. The number of nitrogens with one attached hydrogen (secondary N) is 2. The van der Waals surface area contributed by atoms with Gasteiger partial charge >= 0.3 is 24.0 Å². The Morgan fingerprint density at radius 3 is 2.39 bits per heavy atom. The molecule has 10 nitrogen and oxygen atoms in total. The number of hydrogen-bond acceptors (Lipinski definition) is 9. The van der Waals surface area contributed by atoms with Crippen molar-refractivity contribution < 1.29 is 37.0 Å². The number of amides is 1. The van der Waals surface area contributed by atoms with Crippen molar-refractivity contribution in [2.75, 3.05) is 17.2 Å². The molecule has 1 spiro atoms. The van der Waals surface area contributed by atoms with E-state index < -0.39 is 24.7 Å². The van der Waals surface area contributed by atoms with E-state index in [4.69, 9.17) is 4.42 Å². The summed E-state index contributed by atoms with van der Waals surface area (Å²) in [6.45, 7) is -1.45. The Morgan fingerprint density at radius 2 is 1.79 bits per heavy atom. The molecule has 2 heterocycles. The lowest BCUT2D eigenvalue weighted by atomic mass is 9.76. The van der Waals surface area contributed by atoms with Crippen molar-refractivity contribution in [2.45, 2.75) is 44.2 Å². The van der Waals surface area contributed by atoms with Gasteiger partial charge in [-0.15, -0.1) is 5.10 Å². The summed E-state index contributed by atoms with van der Waals surface area (Å²) >= 11 is 0. The zero-order valence-electron chi connectivity index (χ0n) is 20.0. The first-order valence-electron chi connectivity index (χ1n) is 12.0. The molecule has 0 aliphatic heterocycles. The third-order valence-corrected chi connectivity index (χ3v) is 7.09. The smallest absolute Gasteiger partial charge is 0.422 e. The quantitative estimate of drug-likeness (QED) is 0.444. The zero-order valence-corrected chi connectivity index (χ0v) is 20.0. The van der Waals surface area contributed by atoms with Gasteiger partial charge in [0.2, 0.25) is 5.88 Å². The number of carboxylic acids is 1. The fourth-order valence-electron chi connectivity index (χ4n) is 4.97. The lowest BCUT2D eigenvalue weighted by molar-refractivity contribution is -0.309. The molecule has 2 fully saturated rings. The van der Waals surface area contributed by atoms with Crippen LogP contribution < -0.4 is 20.5 Å². The first kappa shape index (κ1) is 25.5. The first-order valence-corrected chi connectivity index (χ1v) is 12.0. The lowest BCUT2D eigenvalue weighted by Gasteiger charge is -2.30. The van der Waals surface area contributed by atoms with Crippen LogP contribution in [0, 0.1) is 11.3 Å². The standard InChI is InChI=1S/C25H24F3N5O5/c26-25(27,28)13-37-19-6-5-17(12-29-19)31-23-33-32-21(38-23)20(34)30-16-3-1-14(2-4-16)15-7-9-24(10-8-15)11-18(24)22(35)36/h1-6,12,15,18H,7-11,13H2,(H,30,34)(H,31,33)(H,35,36)/p-1. The van der Waals surface area contributed by atoms with Crippen LogP contribution in [0.4, 0.5) is 30.6 Å². The maximum atomic E-state index is 12.5. The number of aromatic nitrogens is 3. The van der Waals surface area contributed by atoms with Gasteiger partial charge in [-0.3, -0.25) is 4.79 Å². The number of carbonyl (C=O) groups excluding carboxylic acids is 2. The van der Waals surface area contributed by atoms with E-state index in [1.54, 1.807) is 12.1 Å². The highest BCUT2D eigenvalue weighted by Gasteiger charge is 2.55. The van der Waals surface area contributed by atoms with E-state index >= 15 is 0 Å². The van der Waals surface area contributed by atoms with Gasteiger partial charge < -0.3 is 29.7 Å². The fourth-order valence-corrected chi connectivity index (χ4v) is 4.97. The molecule has 2 aromatic heterocycles. The SMILES string of the molecule is O=C(Nc1ccc(C2CCC3(CC2)CC3C(=O)[O-])cc1)c1nnc(Nc2ccc(OCC(F)(F)F)nc2)o1. The van der Waals surface area contributed by atoms with Crippen LogP contribution in [-0.4, -0.2) is 39.8 Å². The average Bonchev–Trinajstić information content (AvgIpc) is 3.38. The number of benzene rings is 1. The highest BCUT2D eigenvalue weighted by Crippen LogP contribution is 2.62. The molecule has 2 aliphatic carbocycles. The number of pyridine rings is 1. The Morgan fingerprint density at radius 1 is 1.08 bits per heavy atom. The molecule has 1 amide bonds. The number of rotatable bonds is 8. The minimum Gasteiger partial charge on any atom is -0.550 e. The lowest BCUT2D eigenvalue weighted by Crippen LogP contribution is -2.28. The van der Waals surface area contributed by atoms with E-state index in [0.29, 0.717) is 17.3 Å². The second-order valence-electron chi connectivity index (χ2n) is 9.61. The van der Waals surface area contributed by atoms with E-state index in [9.17, 15) is 27.9 Å². The number of alkyl halides is 3. The van der Waals surface area contributed by atoms with Crippen LogP contribution in [0.15, 0.2) is 47.0 Å². The predicted molar refractivity (Wildman–Crippen MR) is 125 cm³/mol. The largest absolute Gasteiger partial charge is 0.550 e.